The molecular weight excluding hydrogens is 410 g/mol. The van der Waals surface area contributed by atoms with Crippen molar-refractivity contribution in [2.45, 2.75) is 56.4 Å². The molecule has 3 atom stereocenters. The summed E-state index contributed by atoms with van der Waals surface area (Å²) >= 11 is 0. The van der Waals surface area contributed by atoms with Gasteiger partial charge in [-0.1, -0.05) is 25.0 Å². The first kappa shape index (κ1) is 22.3. The Hall–Kier alpha value is -1.91. The number of hydrogen-bond donors (Lipinski definition) is 1. The number of halogens is 1. The van der Waals surface area contributed by atoms with E-state index in [1.807, 2.05) is 12.1 Å². The molecule has 2 bridgehead atoms. The van der Waals surface area contributed by atoms with Gasteiger partial charge in [-0.3, -0.25) is 4.90 Å². The standard InChI is InChI=1S/C26H33NO3.ClH/c1-29-24-9-6-18(15-25(24)30-2)10-13-27-14-12-26-11-4-3-5-21(26)23(27)16-19-7-8-20(28)17-22(19)26;/h6-9,15,17,21,23,28H,3-5,10-14,16H2,1-2H3;1H/t21-,23-,26-;/m0./s1. The SMILES string of the molecule is COc1ccc(CCN2CC[C@@]34CCCC[C@H]3[C@@H]2Cc2ccc(O)cc24)cc1OC.Cl. The van der Waals surface area contributed by atoms with Crippen molar-refractivity contribution in [3.8, 4) is 17.2 Å². The summed E-state index contributed by atoms with van der Waals surface area (Å²) in [6, 6.07) is 13.1. The van der Waals surface area contributed by atoms with Crippen molar-refractivity contribution in [1.82, 2.24) is 4.90 Å². The van der Waals surface area contributed by atoms with Crippen LogP contribution in [-0.2, 0) is 18.3 Å². The van der Waals surface area contributed by atoms with Crippen LogP contribution in [0, 0.1) is 5.92 Å². The van der Waals surface area contributed by atoms with Crippen molar-refractivity contribution in [3.05, 3.63) is 53.1 Å². The van der Waals surface area contributed by atoms with Crippen LogP contribution in [0.2, 0.25) is 0 Å². The molecule has 2 fully saturated rings. The maximum absolute atomic E-state index is 10.2. The number of rotatable bonds is 5. The Morgan fingerprint density at radius 3 is 2.68 bits per heavy atom. The highest BCUT2D eigenvalue weighted by molar-refractivity contribution is 5.85. The Kier molecular flexibility index (Phi) is 6.41. The number of ether oxygens (including phenoxy) is 2. The first-order chi connectivity index (χ1) is 14.6. The number of piperidine rings is 1. The van der Waals surface area contributed by atoms with Gasteiger partial charge in [0.05, 0.1) is 14.2 Å². The van der Waals surface area contributed by atoms with Crippen LogP contribution in [0.5, 0.6) is 17.2 Å². The van der Waals surface area contributed by atoms with E-state index in [0.717, 1.165) is 43.3 Å². The molecule has 1 heterocycles. The monoisotopic (exact) mass is 443 g/mol. The highest BCUT2D eigenvalue weighted by atomic mass is 35.5. The fourth-order valence-electron chi connectivity index (χ4n) is 6.66. The summed E-state index contributed by atoms with van der Waals surface area (Å²) in [5.74, 6) is 2.76. The summed E-state index contributed by atoms with van der Waals surface area (Å²) in [7, 11) is 3.38. The van der Waals surface area contributed by atoms with Gasteiger partial charge in [-0.2, -0.15) is 0 Å². The first-order valence-electron chi connectivity index (χ1n) is 11.4. The molecule has 0 spiro atoms. The number of aromatic hydroxyl groups is 1. The zero-order valence-corrected chi connectivity index (χ0v) is 19.4. The molecule has 0 radical (unpaired) electrons. The molecule has 2 aliphatic carbocycles. The number of phenolic OH excluding ortho intramolecular Hbond substituents is 1. The molecule has 1 saturated heterocycles. The molecule has 2 aromatic rings. The van der Waals surface area contributed by atoms with E-state index in [1.165, 1.54) is 48.8 Å². The van der Waals surface area contributed by atoms with Gasteiger partial charge in [0.15, 0.2) is 11.5 Å². The van der Waals surface area contributed by atoms with Crippen LogP contribution in [0.4, 0.5) is 0 Å². The van der Waals surface area contributed by atoms with Gasteiger partial charge in [-0.25, -0.2) is 0 Å². The number of phenols is 1. The van der Waals surface area contributed by atoms with E-state index in [4.69, 9.17) is 9.47 Å². The van der Waals surface area contributed by atoms with Crippen molar-refractivity contribution >= 4 is 12.4 Å². The summed E-state index contributed by atoms with van der Waals surface area (Å²) in [5.41, 5.74) is 4.51. The van der Waals surface area contributed by atoms with Crippen LogP contribution >= 0.6 is 12.4 Å². The smallest absolute Gasteiger partial charge is 0.160 e. The fourth-order valence-corrected chi connectivity index (χ4v) is 6.66. The molecule has 0 aromatic heterocycles. The number of fused-ring (bicyclic) bond motifs is 1. The quantitative estimate of drug-likeness (QED) is 0.695. The number of nitrogens with zero attached hydrogens (tertiary/aromatic N) is 1. The second-order valence-corrected chi connectivity index (χ2v) is 9.35. The van der Waals surface area contributed by atoms with Gasteiger partial charge >= 0.3 is 0 Å². The first-order valence-corrected chi connectivity index (χ1v) is 11.4. The predicted molar refractivity (Wildman–Crippen MR) is 126 cm³/mol. The Balaban J connectivity index is 0.00000231. The third kappa shape index (κ3) is 3.78. The van der Waals surface area contributed by atoms with E-state index in [0.29, 0.717) is 11.8 Å². The van der Waals surface area contributed by atoms with Gasteiger partial charge in [0.1, 0.15) is 5.75 Å². The minimum atomic E-state index is 0. The van der Waals surface area contributed by atoms with Crippen LogP contribution < -0.4 is 9.47 Å². The second-order valence-electron chi connectivity index (χ2n) is 9.35. The Morgan fingerprint density at radius 1 is 1.03 bits per heavy atom. The zero-order chi connectivity index (χ0) is 20.7. The van der Waals surface area contributed by atoms with E-state index in [1.54, 1.807) is 14.2 Å². The Morgan fingerprint density at radius 2 is 1.87 bits per heavy atom. The van der Waals surface area contributed by atoms with Gasteiger partial charge in [-0.05, 0) is 85.5 Å². The van der Waals surface area contributed by atoms with Gasteiger partial charge < -0.3 is 14.6 Å². The second kappa shape index (κ2) is 8.91. The highest BCUT2D eigenvalue weighted by Crippen LogP contribution is 2.56. The van der Waals surface area contributed by atoms with Crippen molar-refractivity contribution in [1.29, 1.82) is 0 Å². The molecule has 5 rings (SSSR count). The molecular formula is C26H34ClNO3. The number of benzene rings is 2. The van der Waals surface area contributed by atoms with E-state index < -0.39 is 0 Å². The molecule has 0 amide bonds. The van der Waals surface area contributed by atoms with Gasteiger partial charge in [0, 0.05) is 18.0 Å². The molecule has 168 valence electrons. The summed E-state index contributed by atoms with van der Waals surface area (Å²) in [6.07, 6.45) is 8.65. The van der Waals surface area contributed by atoms with E-state index in [2.05, 4.69) is 29.2 Å². The van der Waals surface area contributed by atoms with Crippen molar-refractivity contribution in [2.75, 3.05) is 27.3 Å². The van der Waals surface area contributed by atoms with Crippen LogP contribution in [0.1, 0.15) is 48.8 Å². The largest absolute Gasteiger partial charge is 0.508 e. The summed E-state index contributed by atoms with van der Waals surface area (Å²) in [4.78, 5) is 2.75. The lowest BCUT2D eigenvalue weighted by atomic mass is 9.52. The van der Waals surface area contributed by atoms with Crippen LogP contribution in [0.15, 0.2) is 36.4 Å². The summed E-state index contributed by atoms with van der Waals surface area (Å²) in [5, 5.41) is 10.2. The van der Waals surface area contributed by atoms with Gasteiger partial charge in [-0.15, -0.1) is 12.4 Å². The molecule has 1 aliphatic heterocycles. The molecule has 4 nitrogen and oxygen atoms in total. The lowest BCUT2D eigenvalue weighted by Crippen LogP contribution is -2.61. The number of likely N-dealkylation sites (tertiary alicyclic amines) is 1. The maximum atomic E-state index is 10.2. The van der Waals surface area contributed by atoms with E-state index in [9.17, 15) is 5.11 Å². The molecule has 5 heteroatoms. The molecule has 1 saturated carbocycles. The number of hydrogen-bond acceptors (Lipinski definition) is 4. The molecule has 31 heavy (non-hydrogen) atoms. The topological polar surface area (TPSA) is 41.9 Å². The molecule has 2 aromatic carbocycles. The molecule has 0 unspecified atom stereocenters. The minimum absolute atomic E-state index is 0. The summed E-state index contributed by atoms with van der Waals surface area (Å²) in [6.45, 7) is 2.24. The Bertz CT molecular complexity index is 933. The molecule has 3 aliphatic rings. The van der Waals surface area contributed by atoms with Crippen molar-refractivity contribution in [3.63, 3.8) is 0 Å². The lowest BCUT2D eigenvalue weighted by molar-refractivity contribution is -0.0107. The third-order valence-electron chi connectivity index (χ3n) is 8.07. The average Bonchev–Trinajstić information content (AvgIpc) is 2.78. The fraction of sp³-hybridized carbons (Fsp3) is 0.538. The average molecular weight is 444 g/mol. The predicted octanol–water partition coefficient (Wildman–Crippen LogP) is 5.13. The summed E-state index contributed by atoms with van der Waals surface area (Å²) < 4.78 is 10.9. The Labute approximate surface area is 192 Å². The minimum Gasteiger partial charge on any atom is -0.508 e. The van der Waals surface area contributed by atoms with Crippen molar-refractivity contribution in [2.24, 2.45) is 5.92 Å². The van der Waals surface area contributed by atoms with Crippen LogP contribution in [0.3, 0.4) is 0 Å². The molecule has 1 N–H and O–H groups in total. The van der Waals surface area contributed by atoms with Crippen LogP contribution in [0.25, 0.3) is 0 Å². The number of methoxy groups -OCH3 is 2. The normalized spacial score (nSPS) is 26.9. The maximum Gasteiger partial charge on any atom is 0.160 e. The van der Waals surface area contributed by atoms with Gasteiger partial charge in [0.2, 0.25) is 0 Å². The van der Waals surface area contributed by atoms with E-state index in [-0.39, 0.29) is 17.8 Å². The third-order valence-corrected chi connectivity index (χ3v) is 8.07. The van der Waals surface area contributed by atoms with Crippen LogP contribution in [-0.4, -0.2) is 43.4 Å². The van der Waals surface area contributed by atoms with Gasteiger partial charge in [0.25, 0.3) is 0 Å². The van der Waals surface area contributed by atoms with Crippen molar-refractivity contribution < 1.29 is 14.6 Å². The van der Waals surface area contributed by atoms with E-state index >= 15 is 0 Å². The zero-order valence-electron chi connectivity index (χ0n) is 18.6. The lowest BCUT2D eigenvalue weighted by Gasteiger charge is -2.59. The highest BCUT2D eigenvalue weighted by Gasteiger charge is 2.53.